The number of nitrogens with one attached hydrogen (secondary N) is 1. The predicted molar refractivity (Wildman–Crippen MR) is 79.0 cm³/mol. The molecule has 100 valence electrons. The molecule has 1 aromatic rings. The number of hydrogen-bond donors (Lipinski definition) is 1. The Morgan fingerprint density at radius 3 is 2.72 bits per heavy atom. The van der Waals surface area contributed by atoms with E-state index in [-0.39, 0.29) is 0 Å². The lowest BCUT2D eigenvalue weighted by molar-refractivity contribution is 0.569. The molecule has 1 N–H and O–H groups in total. The van der Waals surface area contributed by atoms with Crippen molar-refractivity contribution in [2.75, 3.05) is 25.0 Å². The highest BCUT2D eigenvalue weighted by Crippen LogP contribution is 2.15. The first-order chi connectivity index (χ1) is 8.54. The fraction of sp³-hybridized carbons (Fsp3) is 0.533. The molecule has 1 rings (SSSR count). The van der Waals surface area contributed by atoms with Crippen molar-refractivity contribution in [3.05, 3.63) is 36.0 Å². The zero-order valence-corrected chi connectivity index (χ0v) is 12.0. The van der Waals surface area contributed by atoms with E-state index in [0.29, 0.717) is 6.04 Å². The largest absolute Gasteiger partial charge is 0.356 e. The highest BCUT2D eigenvalue weighted by molar-refractivity contribution is 5.40. The van der Waals surface area contributed by atoms with E-state index in [2.05, 4.69) is 47.8 Å². The second-order valence-electron chi connectivity index (χ2n) is 4.94. The van der Waals surface area contributed by atoms with Gasteiger partial charge in [0.1, 0.15) is 5.82 Å². The number of rotatable bonds is 7. The van der Waals surface area contributed by atoms with Crippen LogP contribution in [0.15, 0.2) is 30.5 Å². The van der Waals surface area contributed by atoms with Crippen LogP contribution >= 0.6 is 0 Å². The van der Waals surface area contributed by atoms with E-state index >= 15 is 0 Å². The van der Waals surface area contributed by atoms with Crippen LogP contribution in [-0.4, -0.2) is 25.1 Å². The molecular weight excluding hydrogens is 222 g/mol. The molecule has 0 bridgehead atoms. The number of hydrogen-bond acceptors (Lipinski definition) is 3. The quantitative estimate of drug-likeness (QED) is 0.750. The van der Waals surface area contributed by atoms with Crippen LogP contribution in [0.2, 0.25) is 0 Å². The molecule has 0 aliphatic carbocycles. The maximum atomic E-state index is 4.51. The molecule has 0 spiro atoms. The first kappa shape index (κ1) is 14.7. The molecule has 0 aliphatic rings. The molecule has 0 aromatic carbocycles. The summed E-state index contributed by atoms with van der Waals surface area (Å²) in [6.45, 7) is 12.2. The Hall–Kier alpha value is -1.35. The molecule has 0 saturated carbocycles. The van der Waals surface area contributed by atoms with Gasteiger partial charge in [0.15, 0.2) is 0 Å². The third kappa shape index (κ3) is 4.49. The Bertz CT molecular complexity index is 370. The van der Waals surface area contributed by atoms with Gasteiger partial charge in [-0.15, -0.1) is 0 Å². The van der Waals surface area contributed by atoms with Gasteiger partial charge in [-0.3, -0.25) is 0 Å². The second kappa shape index (κ2) is 7.17. The molecule has 3 heteroatoms. The highest BCUT2D eigenvalue weighted by atomic mass is 15.2. The first-order valence-corrected chi connectivity index (χ1v) is 6.59. The van der Waals surface area contributed by atoms with Crippen LogP contribution in [0, 0.1) is 0 Å². The molecule has 0 saturated heterocycles. The maximum absolute atomic E-state index is 4.51. The summed E-state index contributed by atoms with van der Waals surface area (Å²) < 4.78 is 0. The van der Waals surface area contributed by atoms with Crippen LogP contribution in [0.3, 0.4) is 0 Å². The average Bonchev–Trinajstić information content (AvgIpc) is 2.35. The standard InChI is InChI=1S/C15H25N3/c1-6-9-16-13(4)14-7-8-15(17-10-14)18(5)11-12(2)3/h7-8,10,13,16H,2,6,9,11H2,1,3-5H3. The summed E-state index contributed by atoms with van der Waals surface area (Å²) in [5.41, 5.74) is 2.37. The van der Waals surface area contributed by atoms with Crippen molar-refractivity contribution < 1.29 is 0 Å². The third-order valence-electron chi connectivity index (χ3n) is 2.87. The predicted octanol–water partition coefficient (Wildman–Crippen LogP) is 3.15. The SMILES string of the molecule is C=C(C)CN(C)c1ccc(C(C)NCCC)cn1. The lowest BCUT2D eigenvalue weighted by atomic mass is 10.1. The van der Waals surface area contributed by atoms with Crippen molar-refractivity contribution >= 4 is 5.82 Å². The Morgan fingerprint density at radius 1 is 1.50 bits per heavy atom. The van der Waals surface area contributed by atoms with Gasteiger partial charge in [-0.25, -0.2) is 4.98 Å². The fourth-order valence-electron chi connectivity index (χ4n) is 1.84. The minimum Gasteiger partial charge on any atom is -0.356 e. The van der Waals surface area contributed by atoms with Gasteiger partial charge in [-0.2, -0.15) is 0 Å². The smallest absolute Gasteiger partial charge is 0.128 e. The zero-order valence-electron chi connectivity index (χ0n) is 12.0. The molecular formula is C15H25N3. The topological polar surface area (TPSA) is 28.2 Å². The number of aromatic nitrogens is 1. The van der Waals surface area contributed by atoms with E-state index in [9.17, 15) is 0 Å². The van der Waals surface area contributed by atoms with Gasteiger partial charge >= 0.3 is 0 Å². The van der Waals surface area contributed by atoms with Crippen molar-refractivity contribution in [3.8, 4) is 0 Å². The zero-order chi connectivity index (χ0) is 13.5. The Kier molecular flexibility index (Phi) is 5.86. The van der Waals surface area contributed by atoms with Gasteiger partial charge in [-0.05, 0) is 38.4 Å². The lowest BCUT2D eigenvalue weighted by Crippen LogP contribution is -2.21. The summed E-state index contributed by atoms with van der Waals surface area (Å²) in [6.07, 6.45) is 3.11. The number of pyridine rings is 1. The summed E-state index contributed by atoms with van der Waals surface area (Å²) in [7, 11) is 2.04. The van der Waals surface area contributed by atoms with Crippen molar-refractivity contribution in [2.45, 2.75) is 33.2 Å². The minimum absolute atomic E-state index is 0.359. The maximum Gasteiger partial charge on any atom is 0.128 e. The Morgan fingerprint density at radius 2 is 2.22 bits per heavy atom. The van der Waals surface area contributed by atoms with Crippen molar-refractivity contribution in [1.82, 2.24) is 10.3 Å². The highest BCUT2D eigenvalue weighted by Gasteiger charge is 2.06. The van der Waals surface area contributed by atoms with Crippen LogP contribution in [0.1, 0.15) is 38.8 Å². The molecule has 0 radical (unpaired) electrons. The molecule has 3 nitrogen and oxygen atoms in total. The number of likely N-dealkylation sites (N-methyl/N-ethyl adjacent to an activating group) is 1. The van der Waals surface area contributed by atoms with Gasteiger partial charge in [0, 0.05) is 25.8 Å². The third-order valence-corrected chi connectivity index (χ3v) is 2.87. The van der Waals surface area contributed by atoms with E-state index in [4.69, 9.17) is 0 Å². The molecule has 1 unspecified atom stereocenters. The van der Waals surface area contributed by atoms with Crippen LogP contribution in [0.25, 0.3) is 0 Å². The van der Waals surface area contributed by atoms with Gasteiger partial charge in [0.2, 0.25) is 0 Å². The van der Waals surface area contributed by atoms with Crippen molar-refractivity contribution in [2.24, 2.45) is 0 Å². The van der Waals surface area contributed by atoms with E-state index in [0.717, 1.165) is 30.9 Å². The summed E-state index contributed by atoms with van der Waals surface area (Å²) in [6, 6.07) is 4.57. The molecule has 1 atom stereocenters. The van der Waals surface area contributed by atoms with E-state index in [1.165, 1.54) is 5.56 Å². The molecule has 0 aliphatic heterocycles. The number of nitrogens with zero attached hydrogens (tertiary/aromatic N) is 2. The molecule has 1 aromatic heterocycles. The molecule has 0 fully saturated rings. The van der Waals surface area contributed by atoms with Crippen molar-refractivity contribution in [1.29, 1.82) is 0 Å². The van der Waals surface area contributed by atoms with Crippen LogP contribution < -0.4 is 10.2 Å². The Balaban J connectivity index is 2.64. The second-order valence-corrected chi connectivity index (χ2v) is 4.94. The molecule has 0 amide bonds. The number of anilines is 1. The fourth-order valence-corrected chi connectivity index (χ4v) is 1.84. The van der Waals surface area contributed by atoms with Gasteiger partial charge in [0.25, 0.3) is 0 Å². The van der Waals surface area contributed by atoms with E-state index in [1.807, 2.05) is 20.2 Å². The summed E-state index contributed by atoms with van der Waals surface area (Å²) >= 11 is 0. The Labute approximate surface area is 111 Å². The van der Waals surface area contributed by atoms with Gasteiger partial charge < -0.3 is 10.2 Å². The first-order valence-electron chi connectivity index (χ1n) is 6.59. The van der Waals surface area contributed by atoms with Crippen LogP contribution in [0.4, 0.5) is 5.82 Å². The molecule has 18 heavy (non-hydrogen) atoms. The monoisotopic (exact) mass is 247 g/mol. The summed E-state index contributed by atoms with van der Waals surface area (Å²) in [5, 5.41) is 3.46. The van der Waals surface area contributed by atoms with Crippen LogP contribution in [-0.2, 0) is 0 Å². The van der Waals surface area contributed by atoms with Gasteiger partial charge in [0.05, 0.1) is 0 Å². The van der Waals surface area contributed by atoms with E-state index in [1.54, 1.807) is 0 Å². The van der Waals surface area contributed by atoms with Gasteiger partial charge in [-0.1, -0.05) is 25.1 Å². The summed E-state index contributed by atoms with van der Waals surface area (Å²) in [5.74, 6) is 0.990. The summed E-state index contributed by atoms with van der Waals surface area (Å²) in [4.78, 5) is 6.61. The lowest BCUT2D eigenvalue weighted by Gasteiger charge is -2.19. The minimum atomic E-state index is 0.359. The normalized spacial score (nSPS) is 12.2. The average molecular weight is 247 g/mol. The van der Waals surface area contributed by atoms with Crippen molar-refractivity contribution in [3.63, 3.8) is 0 Å². The van der Waals surface area contributed by atoms with E-state index < -0.39 is 0 Å². The molecule has 1 heterocycles. The van der Waals surface area contributed by atoms with Crippen LogP contribution in [0.5, 0.6) is 0 Å².